The number of rotatable bonds is 3. The highest BCUT2D eigenvalue weighted by Crippen LogP contribution is 2.47. The maximum Gasteiger partial charge on any atom is 0.417 e. The number of amides is 2. The zero-order chi connectivity index (χ0) is 24.5. The summed E-state index contributed by atoms with van der Waals surface area (Å²) in [6.07, 6.45) is -2.01. The number of carbonyl (C=O) groups is 2. The van der Waals surface area contributed by atoms with Crippen LogP contribution < -0.4 is 10.2 Å². The van der Waals surface area contributed by atoms with Crippen molar-refractivity contribution in [1.29, 1.82) is 5.26 Å². The van der Waals surface area contributed by atoms with Gasteiger partial charge in [-0.3, -0.25) is 14.6 Å². The molecule has 1 unspecified atom stereocenters. The minimum atomic E-state index is -4.66. The van der Waals surface area contributed by atoms with Crippen LogP contribution in [0.15, 0.2) is 42.6 Å². The van der Waals surface area contributed by atoms with Crippen molar-refractivity contribution in [2.24, 2.45) is 11.3 Å². The summed E-state index contributed by atoms with van der Waals surface area (Å²) >= 11 is 0. The molecule has 0 bridgehead atoms. The third-order valence-electron chi connectivity index (χ3n) is 6.94. The van der Waals surface area contributed by atoms with Crippen molar-refractivity contribution in [3.8, 4) is 6.07 Å². The van der Waals surface area contributed by atoms with Gasteiger partial charge in [-0.1, -0.05) is 6.07 Å². The number of hydrogen-bond donors (Lipinski definition) is 1. The monoisotopic (exact) mass is 471 g/mol. The van der Waals surface area contributed by atoms with E-state index in [2.05, 4.69) is 10.3 Å². The number of likely N-dealkylation sites (tertiary alicyclic amines) is 1. The molecule has 178 valence electrons. The Morgan fingerprint density at radius 2 is 1.94 bits per heavy atom. The lowest BCUT2D eigenvalue weighted by Crippen LogP contribution is -2.49. The molecule has 0 aliphatic carbocycles. The molecule has 2 aliphatic heterocycles. The molecule has 4 rings (SSSR count). The Balaban J connectivity index is 1.58. The molecular formula is C24H24F3N5O2. The summed E-state index contributed by atoms with van der Waals surface area (Å²) < 4.78 is 40.5. The highest BCUT2D eigenvalue weighted by molar-refractivity contribution is 5.92. The van der Waals surface area contributed by atoms with Gasteiger partial charge < -0.3 is 15.1 Å². The molecule has 2 saturated heterocycles. The third kappa shape index (κ3) is 4.30. The lowest BCUT2D eigenvalue weighted by molar-refractivity contribution is -0.137. The predicted octanol–water partition coefficient (Wildman–Crippen LogP) is 3.08. The van der Waals surface area contributed by atoms with E-state index in [1.165, 1.54) is 12.1 Å². The van der Waals surface area contributed by atoms with Crippen molar-refractivity contribution in [3.05, 3.63) is 59.4 Å². The molecule has 34 heavy (non-hydrogen) atoms. The Morgan fingerprint density at radius 1 is 1.21 bits per heavy atom. The number of halogens is 3. The van der Waals surface area contributed by atoms with Crippen molar-refractivity contribution >= 4 is 17.5 Å². The maximum atomic E-state index is 13.5. The normalized spacial score (nSPS) is 19.7. The molecule has 1 aromatic carbocycles. The van der Waals surface area contributed by atoms with E-state index in [1.54, 1.807) is 47.3 Å². The van der Waals surface area contributed by atoms with E-state index in [0.717, 1.165) is 6.07 Å². The Morgan fingerprint density at radius 3 is 2.53 bits per heavy atom. The molecule has 10 heteroatoms. The first-order valence-corrected chi connectivity index (χ1v) is 11.0. The number of nitrogens with zero attached hydrogens (tertiary/aromatic N) is 4. The number of nitriles is 1. The first-order chi connectivity index (χ1) is 16.2. The molecule has 1 spiro atoms. The lowest BCUT2D eigenvalue weighted by Gasteiger charge is -2.41. The van der Waals surface area contributed by atoms with Crippen molar-refractivity contribution in [2.45, 2.75) is 19.0 Å². The fourth-order valence-corrected chi connectivity index (χ4v) is 5.07. The number of hydrogen-bond acceptors (Lipinski definition) is 5. The van der Waals surface area contributed by atoms with Crippen molar-refractivity contribution in [2.75, 3.05) is 38.1 Å². The Hall–Kier alpha value is -3.61. The van der Waals surface area contributed by atoms with Gasteiger partial charge in [-0.15, -0.1) is 0 Å². The van der Waals surface area contributed by atoms with E-state index < -0.39 is 28.6 Å². The van der Waals surface area contributed by atoms with Gasteiger partial charge >= 0.3 is 6.18 Å². The molecule has 2 aromatic rings. The van der Waals surface area contributed by atoms with Crippen LogP contribution in [0.25, 0.3) is 0 Å². The summed E-state index contributed by atoms with van der Waals surface area (Å²) in [4.78, 5) is 33.2. The SMILES string of the molecule is CNC(=O)C1CN(c2ccc(C#N)c(C(F)(F)F)c2)CC12CCN(C(=O)c1ccccn1)CC2. The molecule has 3 heterocycles. The number of piperidine rings is 1. The van der Waals surface area contributed by atoms with Crippen molar-refractivity contribution in [3.63, 3.8) is 0 Å². The van der Waals surface area contributed by atoms with Gasteiger partial charge in [-0.25, -0.2) is 0 Å². The number of alkyl halides is 3. The van der Waals surface area contributed by atoms with Gasteiger partial charge in [0.15, 0.2) is 0 Å². The van der Waals surface area contributed by atoms with E-state index >= 15 is 0 Å². The van der Waals surface area contributed by atoms with Crippen molar-refractivity contribution in [1.82, 2.24) is 15.2 Å². The summed E-state index contributed by atoms with van der Waals surface area (Å²) in [6, 6.07) is 10.4. The van der Waals surface area contributed by atoms with Crippen molar-refractivity contribution < 1.29 is 22.8 Å². The summed E-state index contributed by atoms with van der Waals surface area (Å²) in [6.45, 7) is 1.51. The summed E-state index contributed by atoms with van der Waals surface area (Å²) in [5.74, 6) is -0.782. The quantitative estimate of drug-likeness (QED) is 0.743. The molecule has 1 N–H and O–H groups in total. The van der Waals surface area contributed by atoms with E-state index in [0.29, 0.717) is 43.9 Å². The molecule has 7 nitrogen and oxygen atoms in total. The van der Waals surface area contributed by atoms with Crippen LogP contribution in [0.4, 0.5) is 18.9 Å². The molecule has 0 saturated carbocycles. The van der Waals surface area contributed by atoms with Gasteiger partial charge in [0.2, 0.25) is 5.91 Å². The zero-order valence-corrected chi connectivity index (χ0v) is 18.6. The van der Waals surface area contributed by atoms with E-state index in [1.807, 2.05) is 0 Å². The van der Waals surface area contributed by atoms with Crippen LogP contribution >= 0.6 is 0 Å². The van der Waals surface area contributed by atoms with Crippen LogP contribution in [-0.4, -0.2) is 54.9 Å². The minimum Gasteiger partial charge on any atom is -0.370 e. The molecule has 2 fully saturated rings. The largest absolute Gasteiger partial charge is 0.417 e. The summed E-state index contributed by atoms with van der Waals surface area (Å²) in [5.41, 5.74) is -1.22. The second-order valence-electron chi connectivity index (χ2n) is 8.76. The number of carbonyl (C=O) groups excluding carboxylic acids is 2. The number of benzene rings is 1. The first kappa shape index (κ1) is 23.5. The van der Waals surface area contributed by atoms with E-state index in [-0.39, 0.29) is 18.4 Å². The average Bonchev–Trinajstić information content (AvgIpc) is 3.22. The maximum absolute atomic E-state index is 13.5. The van der Waals surface area contributed by atoms with Gasteiger partial charge in [-0.2, -0.15) is 18.4 Å². The molecule has 2 amide bonds. The summed E-state index contributed by atoms with van der Waals surface area (Å²) in [5, 5.41) is 11.8. The highest BCUT2D eigenvalue weighted by Gasteiger charge is 2.51. The second kappa shape index (κ2) is 8.97. The van der Waals surface area contributed by atoms with Gasteiger partial charge in [0.1, 0.15) is 5.69 Å². The second-order valence-corrected chi connectivity index (χ2v) is 8.76. The third-order valence-corrected chi connectivity index (χ3v) is 6.94. The Bertz CT molecular complexity index is 1120. The molecular weight excluding hydrogens is 447 g/mol. The van der Waals surface area contributed by atoms with Crippen LogP contribution in [-0.2, 0) is 11.0 Å². The topological polar surface area (TPSA) is 89.3 Å². The van der Waals surface area contributed by atoms with Crippen LogP contribution in [0, 0.1) is 22.7 Å². The zero-order valence-electron chi connectivity index (χ0n) is 18.6. The smallest absolute Gasteiger partial charge is 0.370 e. The number of anilines is 1. The number of aromatic nitrogens is 1. The molecule has 2 aliphatic rings. The standard InChI is InChI=1S/C24H24F3N5O2/c1-29-21(33)19-14-32(17-6-5-16(13-28)18(12-17)24(25,26)27)15-23(19)7-10-31(11-8-23)22(34)20-4-2-3-9-30-20/h2-6,9,12,19H,7-8,10-11,14-15H2,1H3,(H,29,33). The van der Waals surface area contributed by atoms with Crippen LogP contribution in [0.1, 0.15) is 34.5 Å². The minimum absolute atomic E-state index is 0.170. The van der Waals surface area contributed by atoms with Crippen LogP contribution in [0.5, 0.6) is 0 Å². The van der Waals surface area contributed by atoms with Crippen LogP contribution in [0.2, 0.25) is 0 Å². The number of pyridine rings is 1. The van der Waals surface area contributed by atoms with Gasteiger partial charge in [-0.05, 0) is 43.2 Å². The highest BCUT2D eigenvalue weighted by atomic mass is 19.4. The average molecular weight is 471 g/mol. The van der Waals surface area contributed by atoms with E-state index in [4.69, 9.17) is 5.26 Å². The lowest BCUT2D eigenvalue weighted by atomic mass is 9.70. The fraction of sp³-hybridized carbons (Fsp3) is 0.417. The van der Waals surface area contributed by atoms with Gasteiger partial charge in [0.05, 0.1) is 23.1 Å². The van der Waals surface area contributed by atoms with Gasteiger partial charge in [0, 0.05) is 50.5 Å². The predicted molar refractivity (Wildman–Crippen MR) is 118 cm³/mol. The molecule has 1 atom stereocenters. The fourth-order valence-electron chi connectivity index (χ4n) is 5.07. The molecule has 1 aromatic heterocycles. The Kier molecular flexibility index (Phi) is 6.21. The van der Waals surface area contributed by atoms with Gasteiger partial charge in [0.25, 0.3) is 5.91 Å². The first-order valence-electron chi connectivity index (χ1n) is 11.0. The van der Waals surface area contributed by atoms with E-state index in [9.17, 15) is 22.8 Å². The Labute approximate surface area is 195 Å². The number of nitrogens with one attached hydrogen (secondary N) is 1. The summed E-state index contributed by atoms with van der Waals surface area (Å²) in [7, 11) is 1.54. The molecule has 0 radical (unpaired) electrons. The van der Waals surface area contributed by atoms with Crippen LogP contribution in [0.3, 0.4) is 0 Å².